The average molecular weight is 113 g/mol. The van der Waals surface area contributed by atoms with Gasteiger partial charge in [0.05, 0.1) is 0 Å². The summed E-state index contributed by atoms with van der Waals surface area (Å²) in [6.07, 6.45) is 0.580. The van der Waals surface area contributed by atoms with E-state index in [0.717, 1.165) is 0 Å². The predicted octanol–water partition coefficient (Wildman–Crippen LogP) is -0.0134. The van der Waals surface area contributed by atoms with Crippen molar-refractivity contribution in [2.24, 2.45) is 0 Å². The van der Waals surface area contributed by atoms with Crippen LogP contribution in [0.25, 0.3) is 0 Å². The summed E-state index contributed by atoms with van der Waals surface area (Å²) in [5.41, 5.74) is 0. The van der Waals surface area contributed by atoms with Crippen LogP contribution in [-0.4, -0.2) is 36.0 Å². The van der Waals surface area contributed by atoms with Crippen molar-refractivity contribution in [3.05, 3.63) is 0 Å². The second-order valence-corrected chi connectivity index (χ2v) is 1.03. The van der Waals surface area contributed by atoms with E-state index < -0.39 is 0 Å². The Labute approximate surface area is 62.8 Å². The number of carbonyl (C=O) groups is 1. The van der Waals surface area contributed by atoms with Crippen LogP contribution in [0.3, 0.4) is 0 Å². The van der Waals surface area contributed by atoms with Crippen molar-refractivity contribution in [2.75, 3.05) is 7.05 Å². The molecule has 40 valence electrons. The van der Waals surface area contributed by atoms with E-state index in [1.807, 2.05) is 6.92 Å². The largest absolute Gasteiger partial charge is 2.00 e. The minimum absolute atomic E-state index is 0. The zero-order valence-corrected chi connectivity index (χ0v) is 6.24. The molecule has 1 amide bonds. The first kappa shape index (κ1) is 10.3. The van der Waals surface area contributed by atoms with Gasteiger partial charge < -0.3 is 8.17 Å². The maximum atomic E-state index is 10.1. The monoisotopic (exact) mass is 113 g/mol. The summed E-state index contributed by atoms with van der Waals surface area (Å²) in [6, 6.07) is 0. The quantitative estimate of drug-likeness (QED) is 0.476. The van der Waals surface area contributed by atoms with Gasteiger partial charge in [-0.05, 0) is 0 Å². The maximum Gasteiger partial charge on any atom is 2.00 e. The molecular formula is C4H11MgNO. The molecule has 2 nitrogen and oxygen atoms in total. The van der Waals surface area contributed by atoms with E-state index in [1.54, 1.807) is 7.05 Å². The molecular weight excluding hydrogens is 102 g/mol. The standard InChI is InChI=1S/C4H9NO.Mg.2H/c1-3-4(6)5-2;;;/h3H2,1-2H3,(H,5,6);;;/q;+2;2*-1. The normalized spacial score (nSPS) is 6.57. The SMILES string of the molecule is CCC(=O)NC.[H-].[H-].[Mg+2]. The molecule has 0 aliphatic heterocycles. The molecule has 0 atom stereocenters. The van der Waals surface area contributed by atoms with Gasteiger partial charge >= 0.3 is 23.1 Å². The number of amides is 1. The summed E-state index contributed by atoms with van der Waals surface area (Å²) < 4.78 is 0. The first-order valence-corrected chi connectivity index (χ1v) is 2.01. The topological polar surface area (TPSA) is 29.1 Å². The van der Waals surface area contributed by atoms with Crippen molar-refractivity contribution >= 4 is 29.0 Å². The molecule has 3 heteroatoms. The van der Waals surface area contributed by atoms with E-state index in [1.165, 1.54) is 0 Å². The third kappa shape index (κ3) is 6.24. The fourth-order valence-corrected chi connectivity index (χ4v) is 0.177. The molecule has 0 spiro atoms. The smallest absolute Gasteiger partial charge is 1.00 e. The Morgan fingerprint density at radius 3 is 2.29 bits per heavy atom. The van der Waals surface area contributed by atoms with Gasteiger partial charge in [0.1, 0.15) is 0 Å². The summed E-state index contributed by atoms with van der Waals surface area (Å²) in [5, 5.41) is 2.48. The van der Waals surface area contributed by atoms with Crippen molar-refractivity contribution in [1.29, 1.82) is 0 Å². The van der Waals surface area contributed by atoms with Crippen LogP contribution in [0.15, 0.2) is 0 Å². The molecule has 0 unspecified atom stereocenters. The third-order valence-corrected chi connectivity index (χ3v) is 0.600. The van der Waals surface area contributed by atoms with Crippen LogP contribution in [0.2, 0.25) is 0 Å². The Kier molecular flexibility index (Phi) is 9.14. The first-order valence-electron chi connectivity index (χ1n) is 2.01. The minimum atomic E-state index is 0. The van der Waals surface area contributed by atoms with Crippen LogP contribution < -0.4 is 5.32 Å². The van der Waals surface area contributed by atoms with Crippen LogP contribution in [0, 0.1) is 0 Å². The van der Waals surface area contributed by atoms with Gasteiger partial charge in [0.25, 0.3) is 0 Å². The van der Waals surface area contributed by atoms with Gasteiger partial charge in [0.15, 0.2) is 0 Å². The molecule has 1 N–H and O–H groups in total. The van der Waals surface area contributed by atoms with E-state index in [4.69, 9.17) is 0 Å². The van der Waals surface area contributed by atoms with Crippen molar-refractivity contribution in [2.45, 2.75) is 13.3 Å². The van der Waals surface area contributed by atoms with E-state index in [2.05, 4.69) is 5.32 Å². The van der Waals surface area contributed by atoms with Gasteiger partial charge in [-0.1, -0.05) is 6.92 Å². The molecule has 0 rings (SSSR count). The van der Waals surface area contributed by atoms with Crippen LogP contribution in [0.4, 0.5) is 0 Å². The first-order chi connectivity index (χ1) is 2.81. The molecule has 0 aromatic carbocycles. The fraction of sp³-hybridized carbons (Fsp3) is 0.750. The molecule has 0 aromatic heterocycles. The fourth-order valence-electron chi connectivity index (χ4n) is 0.177. The summed E-state index contributed by atoms with van der Waals surface area (Å²) in [4.78, 5) is 10.1. The van der Waals surface area contributed by atoms with Crippen molar-refractivity contribution in [3.8, 4) is 0 Å². The molecule has 0 bridgehead atoms. The third-order valence-electron chi connectivity index (χ3n) is 0.600. The van der Waals surface area contributed by atoms with E-state index in [0.29, 0.717) is 6.42 Å². The van der Waals surface area contributed by atoms with Crippen LogP contribution in [0.5, 0.6) is 0 Å². The molecule has 0 aliphatic carbocycles. The number of hydrogen-bond acceptors (Lipinski definition) is 1. The van der Waals surface area contributed by atoms with Gasteiger partial charge in [-0.3, -0.25) is 4.79 Å². The van der Waals surface area contributed by atoms with Gasteiger partial charge in [-0.25, -0.2) is 0 Å². The zero-order valence-electron chi connectivity index (χ0n) is 6.82. The number of hydrogen-bond donors (Lipinski definition) is 1. The van der Waals surface area contributed by atoms with E-state index in [-0.39, 0.29) is 31.8 Å². The van der Waals surface area contributed by atoms with Gasteiger partial charge in [0.2, 0.25) is 5.91 Å². The maximum absolute atomic E-state index is 10.1. The van der Waals surface area contributed by atoms with Gasteiger partial charge in [-0.2, -0.15) is 0 Å². The Hall–Kier alpha value is 0.236. The summed E-state index contributed by atoms with van der Waals surface area (Å²) in [5.74, 6) is 0.0926. The van der Waals surface area contributed by atoms with Gasteiger partial charge in [0, 0.05) is 13.5 Å². The molecule has 0 radical (unpaired) electrons. The summed E-state index contributed by atoms with van der Waals surface area (Å²) in [6.45, 7) is 1.82. The second kappa shape index (κ2) is 6.24. The van der Waals surface area contributed by atoms with Crippen molar-refractivity contribution in [3.63, 3.8) is 0 Å². The minimum Gasteiger partial charge on any atom is -1.00 e. The molecule has 0 saturated carbocycles. The summed E-state index contributed by atoms with van der Waals surface area (Å²) >= 11 is 0. The summed E-state index contributed by atoms with van der Waals surface area (Å²) in [7, 11) is 1.63. The molecule has 0 aliphatic rings. The van der Waals surface area contributed by atoms with Gasteiger partial charge in [-0.15, -0.1) is 0 Å². The number of rotatable bonds is 1. The van der Waals surface area contributed by atoms with E-state index in [9.17, 15) is 4.79 Å². The second-order valence-electron chi connectivity index (χ2n) is 1.03. The Morgan fingerprint density at radius 1 is 1.86 bits per heavy atom. The molecule has 7 heavy (non-hydrogen) atoms. The van der Waals surface area contributed by atoms with Crippen molar-refractivity contribution < 1.29 is 7.65 Å². The zero-order chi connectivity index (χ0) is 4.99. The Balaban J connectivity index is -0.0000000417. The Morgan fingerprint density at radius 2 is 2.29 bits per heavy atom. The molecule has 0 saturated heterocycles. The molecule has 0 fully saturated rings. The number of nitrogens with one attached hydrogen (secondary N) is 1. The predicted molar refractivity (Wildman–Crippen MR) is 32.3 cm³/mol. The van der Waals surface area contributed by atoms with Crippen LogP contribution in [0.1, 0.15) is 16.2 Å². The molecule has 0 heterocycles. The molecule has 0 aromatic rings. The number of carbonyl (C=O) groups excluding carboxylic acids is 1. The van der Waals surface area contributed by atoms with E-state index >= 15 is 0 Å². The van der Waals surface area contributed by atoms with Crippen LogP contribution in [-0.2, 0) is 4.79 Å². The van der Waals surface area contributed by atoms with Crippen LogP contribution >= 0.6 is 0 Å². The van der Waals surface area contributed by atoms with Crippen molar-refractivity contribution in [1.82, 2.24) is 5.32 Å². The Bertz CT molecular complexity index is 56.5. The average Bonchev–Trinajstić information content (AvgIpc) is 1.65.